The minimum atomic E-state index is -1.03. The molecule has 3 amide bonds. The van der Waals surface area contributed by atoms with Crippen molar-refractivity contribution in [3.8, 4) is 0 Å². The number of carbonyl (C=O) groups excluding carboxylic acids is 3. The van der Waals surface area contributed by atoms with Crippen LogP contribution in [0.1, 0.15) is 51.9 Å². The van der Waals surface area contributed by atoms with Gasteiger partial charge in [-0.25, -0.2) is 4.79 Å². The third-order valence-electron chi connectivity index (χ3n) is 6.82. The zero-order valence-electron chi connectivity index (χ0n) is 22.5. The van der Waals surface area contributed by atoms with Crippen molar-refractivity contribution in [1.82, 2.24) is 10.2 Å². The highest BCUT2D eigenvalue weighted by Gasteiger charge is 2.34. The Bertz CT molecular complexity index is 1360. The quantitative estimate of drug-likeness (QED) is 0.364. The van der Waals surface area contributed by atoms with E-state index in [1.165, 1.54) is 18.4 Å². The summed E-state index contributed by atoms with van der Waals surface area (Å²) < 4.78 is 4.93. The first-order valence-corrected chi connectivity index (χ1v) is 13.7. The Morgan fingerprint density at radius 3 is 2.38 bits per heavy atom. The van der Waals surface area contributed by atoms with E-state index in [1.54, 1.807) is 59.5 Å². The molecule has 1 aromatic heterocycles. The molecule has 210 valence electrons. The van der Waals surface area contributed by atoms with Crippen LogP contribution in [-0.2, 0) is 9.53 Å². The van der Waals surface area contributed by atoms with E-state index in [4.69, 9.17) is 4.74 Å². The van der Waals surface area contributed by atoms with Crippen molar-refractivity contribution in [3.05, 3.63) is 82.0 Å². The van der Waals surface area contributed by atoms with Gasteiger partial charge in [-0.15, -0.1) is 11.3 Å². The van der Waals surface area contributed by atoms with Gasteiger partial charge in [0.25, 0.3) is 11.8 Å². The van der Waals surface area contributed by atoms with E-state index in [0.717, 1.165) is 4.88 Å². The number of anilines is 2. The highest BCUT2D eigenvalue weighted by molar-refractivity contribution is 7.10. The molecule has 1 aliphatic heterocycles. The van der Waals surface area contributed by atoms with Gasteiger partial charge in [0.05, 0.1) is 30.9 Å². The van der Waals surface area contributed by atoms with Crippen LogP contribution in [-0.4, -0.2) is 66.2 Å². The molecule has 0 saturated carbocycles. The molecule has 11 heteroatoms. The third-order valence-corrected chi connectivity index (χ3v) is 7.80. The van der Waals surface area contributed by atoms with Gasteiger partial charge in [-0.2, -0.15) is 0 Å². The SMILES string of the molecule is COC(=O)N1CC(C)N(c2ccc(C(=O)NC(CC(=O)O)c3cccs3)cc2NC(=O)c2ccccc2)CC1C. The van der Waals surface area contributed by atoms with Crippen LogP contribution in [0, 0.1) is 0 Å². The Balaban J connectivity index is 1.65. The van der Waals surface area contributed by atoms with Crippen LogP contribution in [0.25, 0.3) is 0 Å². The fourth-order valence-electron chi connectivity index (χ4n) is 4.77. The molecule has 1 fully saturated rings. The first-order chi connectivity index (χ1) is 19.2. The minimum absolute atomic E-state index is 0.110. The maximum Gasteiger partial charge on any atom is 0.409 e. The summed E-state index contributed by atoms with van der Waals surface area (Å²) in [5.41, 5.74) is 1.86. The number of hydrogen-bond donors (Lipinski definition) is 3. The number of carboxylic acid groups (broad SMARTS) is 1. The monoisotopic (exact) mass is 564 g/mol. The van der Waals surface area contributed by atoms with Crippen molar-refractivity contribution in [2.75, 3.05) is 30.4 Å². The molecule has 10 nitrogen and oxygen atoms in total. The second kappa shape index (κ2) is 12.6. The van der Waals surface area contributed by atoms with Gasteiger partial charge in [-0.05, 0) is 55.6 Å². The van der Waals surface area contributed by atoms with Gasteiger partial charge < -0.3 is 30.3 Å². The third kappa shape index (κ3) is 6.60. The Hall–Kier alpha value is -4.38. The molecular formula is C29H32N4O6S. The summed E-state index contributed by atoms with van der Waals surface area (Å²) in [6, 6.07) is 16.4. The molecule has 1 aliphatic rings. The van der Waals surface area contributed by atoms with Crippen LogP contribution >= 0.6 is 11.3 Å². The van der Waals surface area contributed by atoms with Crippen molar-refractivity contribution < 1.29 is 29.0 Å². The van der Waals surface area contributed by atoms with E-state index < -0.39 is 24.0 Å². The van der Waals surface area contributed by atoms with Gasteiger partial charge in [0.2, 0.25) is 0 Å². The molecule has 2 heterocycles. The molecule has 3 aromatic rings. The number of methoxy groups -OCH3 is 1. The fourth-order valence-corrected chi connectivity index (χ4v) is 5.55. The minimum Gasteiger partial charge on any atom is -0.481 e. The highest BCUT2D eigenvalue weighted by atomic mass is 32.1. The smallest absolute Gasteiger partial charge is 0.409 e. The summed E-state index contributed by atoms with van der Waals surface area (Å²) >= 11 is 1.37. The molecule has 40 heavy (non-hydrogen) atoms. The molecule has 3 N–H and O–H groups in total. The molecule has 3 atom stereocenters. The number of rotatable bonds is 8. The normalized spacial score (nSPS) is 17.6. The largest absolute Gasteiger partial charge is 0.481 e. The number of piperazine rings is 1. The van der Waals surface area contributed by atoms with Gasteiger partial charge in [-0.3, -0.25) is 14.4 Å². The molecule has 4 rings (SSSR count). The summed E-state index contributed by atoms with van der Waals surface area (Å²) in [6.45, 7) is 4.80. The van der Waals surface area contributed by atoms with Crippen molar-refractivity contribution >= 4 is 46.6 Å². The number of carbonyl (C=O) groups is 4. The van der Waals surface area contributed by atoms with E-state index in [-0.39, 0.29) is 30.0 Å². The van der Waals surface area contributed by atoms with Crippen molar-refractivity contribution in [2.24, 2.45) is 0 Å². The van der Waals surface area contributed by atoms with Gasteiger partial charge in [-0.1, -0.05) is 24.3 Å². The number of nitrogens with one attached hydrogen (secondary N) is 2. The Morgan fingerprint density at radius 2 is 1.73 bits per heavy atom. The maximum atomic E-state index is 13.3. The first kappa shape index (κ1) is 28.6. The Labute approximate surface area is 236 Å². The molecule has 3 unspecified atom stereocenters. The maximum absolute atomic E-state index is 13.3. The van der Waals surface area contributed by atoms with Gasteiger partial charge >= 0.3 is 12.1 Å². The zero-order chi connectivity index (χ0) is 28.8. The number of thiophene rings is 1. The predicted octanol–water partition coefficient (Wildman–Crippen LogP) is 4.61. The summed E-state index contributed by atoms with van der Waals surface area (Å²) in [6.07, 6.45) is -0.660. The van der Waals surface area contributed by atoms with Crippen LogP contribution in [0.15, 0.2) is 66.0 Å². The van der Waals surface area contributed by atoms with E-state index >= 15 is 0 Å². The number of carboxylic acids is 1. The number of amides is 3. The lowest BCUT2D eigenvalue weighted by molar-refractivity contribution is -0.137. The second-order valence-corrected chi connectivity index (χ2v) is 10.6. The molecular weight excluding hydrogens is 532 g/mol. The zero-order valence-corrected chi connectivity index (χ0v) is 23.3. The Kier molecular flexibility index (Phi) is 9.05. The number of nitrogens with zero attached hydrogens (tertiary/aromatic N) is 2. The standard InChI is InChI=1S/C29H32N4O6S/c1-18-17-33(29(38)39-3)19(2)16-32(18)24-12-11-21(14-22(24)30-27(36)20-8-5-4-6-9-20)28(37)31-23(15-26(34)35)25-10-7-13-40-25/h4-14,18-19,23H,15-17H2,1-3H3,(H,30,36)(H,31,37)(H,34,35). The van der Waals surface area contributed by atoms with E-state index in [9.17, 15) is 24.3 Å². The van der Waals surface area contributed by atoms with Crippen LogP contribution in [0.4, 0.5) is 16.2 Å². The van der Waals surface area contributed by atoms with Crippen LogP contribution in [0.5, 0.6) is 0 Å². The van der Waals surface area contributed by atoms with Gasteiger partial charge in [0, 0.05) is 41.2 Å². The molecule has 2 aromatic carbocycles. The Morgan fingerprint density at radius 1 is 0.975 bits per heavy atom. The lowest BCUT2D eigenvalue weighted by atomic mass is 10.0. The van der Waals surface area contributed by atoms with Crippen molar-refractivity contribution in [3.63, 3.8) is 0 Å². The van der Waals surface area contributed by atoms with Crippen LogP contribution in [0.3, 0.4) is 0 Å². The molecule has 1 saturated heterocycles. The average molecular weight is 565 g/mol. The number of hydrogen-bond acceptors (Lipinski definition) is 7. The van der Waals surface area contributed by atoms with Gasteiger partial charge in [0.1, 0.15) is 0 Å². The number of ether oxygens (including phenoxy) is 1. The van der Waals surface area contributed by atoms with Crippen LogP contribution in [0.2, 0.25) is 0 Å². The lowest BCUT2D eigenvalue weighted by Gasteiger charge is -2.45. The van der Waals surface area contributed by atoms with Gasteiger partial charge in [0.15, 0.2) is 0 Å². The highest BCUT2D eigenvalue weighted by Crippen LogP contribution is 2.33. The summed E-state index contributed by atoms with van der Waals surface area (Å²) in [4.78, 5) is 54.6. The lowest BCUT2D eigenvalue weighted by Crippen LogP contribution is -2.58. The number of benzene rings is 2. The second-order valence-electron chi connectivity index (χ2n) is 9.66. The first-order valence-electron chi connectivity index (χ1n) is 12.9. The van der Waals surface area contributed by atoms with E-state index in [1.807, 2.05) is 25.3 Å². The topological polar surface area (TPSA) is 128 Å². The molecule has 0 aliphatic carbocycles. The van der Waals surface area contributed by atoms with E-state index in [0.29, 0.717) is 30.0 Å². The molecule has 0 radical (unpaired) electrons. The number of aliphatic carboxylic acids is 1. The summed E-state index contributed by atoms with van der Waals surface area (Å²) in [5.74, 6) is -1.83. The van der Waals surface area contributed by atoms with Crippen LogP contribution < -0.4 is 15.5 Å². The van der Waals surface area contributed by atoms with E-state index in [2.05, 4.69) is 15.5 Å². The average Bonchev–Trinajstić information content (AvgIpc) is 3.49. The fraction of sp³-hybridized carbons (Fsp3) is 0.310. The summed E-state index contributed by atoms with van der Waals surface area (Å²) in [5, 5.41) is 17.0. The molecule has 0 spiro atoms. The predicted molar refractivity (Wildman–Crippen MR) is 153 cm³/mol. The van der Waals surface area contributed by atoms with Crippen molar-refractivity contribution in [2.45, 2.75) is 38.4 Å². The molecule has 0 bridgehead atoms. The van der Waals surface area contributed by atoms with Crippen molar-refractivity contribution in [1.29, 1.82) is 0 Å². The summed E-state index contributed by atoms with van der Waals surface area (Å²) in [7, 11) is 1.35.